The molecule has 1 aromatic carbocycles. The minimum atomic E-state index is -0.411. The molecule has 0 bridgehead atoms. The monoisotopic (exact) mass is 333 g/mol. The van der Waals surface area contributed by atoms with Crippen molar-refractivity contribution in [3.63, 3.8) is 0 Å². The highest BCUT2D eigenvalue weighted by Crippen LogP contribution is 2.36. The lowest BCUT2D eigenvalue weighted by atomic mass is 9.73. The molecule has 2 atom stereocenters. The molecule has 2 aliphatic rings. The molecule has 0 unspecified atom stereocenters. The Kier molecular flexibility index (Phi) is 5.65. The maximum atomic E-state index is 13.2. The summed E-state index contributed by atoms with van der Waals surface area (Å²) in [5.74, 6) is 0.207. The number of thioether (sulfide) groups is 1. The molecule has 0 radical (unpaired) electrons. The smallest absolute Gasteiger partial charge is 0.231 e. The van der Waals surface area contributed by atoms with Crippen LogP contribution in [0.5, 0.6) is 0 Å². The first-order chi connectivity index (χ1) is 11.2. The molecule has 1 aromatic rings. The maximum Gasteiger partial charge on any atom is 0.231 e. The van der Waals surface area contributed by atoms with Crippen LogP contribution in [0.1, 0.15) is 44.1 Å². The molecule has 1 saturated carbocycles. The van der Waals surface area contributed by atoms with Crippen LogP contribution in [-0.2, 0) is 14.9 Å². The van der Waals surface area contributed by atoms with E-state index in [0.717, 1.165) is 31.2 Å². The third kappa shape index (κ3) is 3.74. The molecule has 1 aliphatic carbocycles. The van der Waals surface area contributed by atoms with Gasteiger partial charge in [0.1, 0.15) is 0 Å². The van der Waals surface area contributed by atoms with Crippen LogP contribution >= 0.6 is 11.8 Å². The maximum absolute atomic E-state index is 13.2. The molecule has 3 rings (SSSR count). The van der Waals surface area contributed by atoms with Gasteiger partial charge in [0.15, 0.2) is 0 Å². The van der Waals surface area contributed by atoms with E-state index in [0.29, 0.717) is 24.5 Å². The summed E-state index contributed by atoms with van der Waals surface area (Å²) < 4.78 is 5.54. The number of carbonyl (C=O) groups excluding carboxylic acids is 1. The zero-order valence-corrected chi connectivity index (χ0v) is 14.7. The summed E-state index contributed by atoms with van der Waals surface area (Å²) in [7, 11) is 0. The molecule has 2 fully saturated rings. The summed E-state index contributed by atoms with van der Waals surface area (Å²) in [5.41, 5.74) is 0.726. The van der Waals surface area contributed by atoms with E-state index in [9.17, 15) is 4.79 Å². The number of hydrogen-bond donors (Lipinski definition) is 1. The second kappa shape index (κ2) is 7.71. The molecule has 126 valence electrons. The van der Waals surface area contributed by atoms with Gasteiger partial charge in [-0.25, -0.2) is 0 Å². The summed E-state index contributed by atoms with van der Waals surface area (Å²) in [5, 5.41) is 4.08. The second-order valence-electron chi connectivity index (χ2n) is 6.76. The minimum absolute atomic E-state index is 0.207. The second-order valence-corrected chi connectivity index (χ2v) is 7.89. The summed E-state index contributed by atoms with van der Waals surface area (Å²) in [6.07, 6.45) is 8.46. The van der Waals surface area contributed by atoms with Crippen LogP contribution in [0.4, 0.5) is 0 Å². The highest BCUT2D eigenvalue weighted by molar-refractivity contribution is 7.99. The minimum Gasteiger partial charge on any atom is -0.381 e. The molecule has 0 aromatic heterocycles. The van der Waals surface area contributed by atoms with E-state index in [1.165, 1.54) is 12.8 Å². The molecular formula is C19H27NO2S. The fraction of sp³-hybridized carbons (Fsp3) is 0.632. The van der Waals surface area contributed by atoms with Crippen molar-refractivity contribution in [2.45, 2.75) is 55.2 Å². The molecule has 3 nitrogen and oxygen atoms in total. The van der Waals surface area contributed by atoms with Crippen molar-refractivity contribution in [1.82, 2.24) is 5.32 Å². The summed E-state index contributed by atoms with van der Waals surface area (Å²) in [6.45, 7) is 1.33. The van der Waals surface area contributed by atoms with Crippen LogP contribution in [0.15, 0.2) is 30.3 Å². The first kappa shape index (κ1) is 16.8. The number of benzene rings is 1. The predicted octanol–water partition coefficient (Wildman–Crippen LogP) is 3.53. The average Bonchev–Trinajstić information content (AvgIpc) is 2.63. The number of amides is 1. The number of carbonyl (C=O) groups is 1. The predicted molar refractivity (Wildman–Crippen MR) is 95.9 cm³/mol. The van der Waals surface area contributed by atoms with Gasteiger partial charge in [-0.15, -0.1) is 0 Å². The van der Waals surface area contributed by atoms with Crippen molar-refractivity contribution in [3.8, 4) is 0 Å². The highest BCUT2D eigenvalue weighted by atomic mass is 32.2. The van der Waals surface area contributed by atoms with Gasteiger partial charge in [0, 0.05) is 24.5 Å². The van der Waals surface area contributed by atoms with Crippen LogP contribution in [-0.4, -0.2) is 36.7 Å². The number of nitrogens with one attached hydrogen (secondary N) is 1. The normalized spacial score (nSPS) is 27.3. The van der Waals surface area contributed by atoms with Crippen molar-refractivity contribution in [2.24, 2.45) is 0 Å². The fourth-order valence-corrected chi connectivity index (χ4v) is 4.76. The van der Waals surface area contributed by atoms with Crippen LogP contribution < -0.4 is 5.32 Å². The topological polar surface area (TPSA) is 38.3 Å². The summed E-state index contributed by atoms with van der Waals surface area (Å²) in [4.78, 5) is 13.2. The van der Waals surface area contributed by atoms with Gasteiger partial charge in [-0.1, -0.05) is 36.8 Å². The Hall–Kier alpha value is -1.00. The zero-order chi connectivity index (χ0) is 16.1. The Morgan fingerprint density at radius 2 is 1.96 bits per heavy atom. The van der Waals surface area contributed by atoms with E-state index in [1.54, 1.807) is 0 Å². The molecule has 1 amide bonds. The molecule has 1 N–H and O–H groups in total. The van der Waals surface area contributed by atoms with E-state index in [4.69, 9.17) is 4.74 Å². The molecule has 4 heteroatoms. The lowest BCUT2D eigenvalue weighted by Crippen LogP contribution is -2.52. The van der Waals surface area contributed by atoms with Gasteiger partial charge in [-0.2, -0.15) is 11.8 Å². The van der Waals surface area contributed by atoms with Crippen LogP contribution in [0.25, 0.3) is 0 Å². The molecular weight excluding hydrogens is 306 g/mol. The molecule has 0 spiro atoms. The van der Waals surface area contributed by atoms with Crippen molar-refractivity contribution < 1.29 is 9.53 Å². The lowest BCUT2D eigenvalue weighted by Gasteiger charge is -2.38. The van der Waals surface area contributed by atoms with Gasteiger partial charge < -0.3 is 10.1 Å². The number of rotatable bonds is 4. The summed E-state index contributed by atoms with van der Waals surface area (Å²) >= 11 is 1.94. The Morgan fingerprint density at radius 1 is 1.22 bits per heavy atom. The van der Waals surface area contributed by atoms with E-state index in [1.807, 2.05) is 30.0 Å². The largest absolute Gasteiger partial charge is 0.381 e. The van der Waals surface area contributed by atoms with Crippen LogP contribution in [0.2, 0.25) is 0 Å². The Balaban J connectivity index is 1.76. The molecule has 1 aliphatic heterocycles. The quantitative estimate of drug-likeness (QED) is 0.916. The van der Waals surface area contributed by atoms with Crippen LogP contribution in [0, 0.1) is 0 Å². The van der Waals surface area contributed by atoms with E-state index < -0.39 is 5.41 Å². The first-order valence-corrected chi connectivity index (χ1v) is 10.0. The van der Waals surface area contributed by atoms with E-state index in [-0.39, 0.29) is 5.91 Å². The van der Waals surface area contributed by atoms with Gasteiger partial charge >= 0.3 is 0 Å². The van der Waals surface area contributed by atoms with Gasteiger partial charge in [0.2, 0.25) is 5.91 Å². The van der Waals surface area contributed by atoms with E-state index >= 15 is 0 Å². The van der Waals surface area contributed by atoms with Crippen molar-refractivity contribution in [1.29, 1.82) is 0 Å². The first-order valence-electron chi connectivity index (χ1n) is 8.71. The highest BCUT2D eigenvalue weighted by Gasteiger charge is 2.42. The molecule has 1 heterocycles. The molecule has 23 heavy (non-hydrogen) atoms. The Bertz CT molecular complexity index is 513. The average molecular weight is 333 g/mol. The third-order valence-corrected chi connectivity index (χ3v) is 6.50. The van der Waals surface area contributed by atoms with Gasteiger partial charge in [0.25, 0.3) is 0 Å². The molecule has 1 saturated heterocycles. The van der Waals surface area contributed by atoms with Crippen molar-refractivity contribution in [2.75, 3.05) is 19.5 Å². The van der Waals surface area contributed by atoms with Gasteiger partial charge in [0.05, 0.1) is 5.41 Å². The van der Waals surface area contributed by atoms with Crippen molar-refractivity contribution in [3.05, 3.63) is 35.9 Å². The number of hydrogen-bond acceptors (Lipinski definition) is 3. The van der Waals surface area contributed by atoms with Crippen molar-refractivity contribution >= 4 is 17.7 Å². The van der Waals surface area contributed by atoms with E-state index in [2.05, 4.69) is 23.7 Å². The third-order valence-electron chi connectivity index (χ3n) is 5.40. The zero-order valence-electron chi connectivity index (χ0n) is 13.9. The standard InChI is InChI=1S/C19H27NO2S/c1-23-17-9-5-8-16(14-17)20-18(21)19(10-12-22-13-11-19)15-6-3-2-4-7-15/h2-4,6-7,16-17H,5,8-14H2,1H3,(H,20,21)/t16-,17-/m1/s1. The van der Waals surface area contributed by atoms with Gasteiger partial charge in [-0.3, -0.25) is 4.79 Å². The lowest BCUT2D eigenvalue weighted by molar-refractivity contribution is -0.131. The van der Waals surface area contributed by atoms with Gasteiger partial charge in [-0.05, 0) is 43.9 Å². The SMILES string of the molecule is CS[C@@H]1CCC[C@@H](NC(=O)C2(c3ccccc3)CCOCC2)C1. The Labute approximate surface area is 143 Å². The Morgan fingerprint density at radius 3 is 2.65 bits per heavy atom. The fourth-order valence-electron chi connectivity index (χ4n) is 3.94. The summed E-state index contributed by atoms with van der Waals surface area (Å²) in [6, 6.07) is 10.6. The number of ether oxygens (including phenoxy) is 1. The van der Waals surface area contributed by atoms with Crippen LogP contribution in [0.3, 0.4) is 0 Å².